The van der Waals surface area contributed by atoms with Crippen LogP contribution in [0.25, 0.3) is 16.4 Å². The molecule has 0 saturated carbocycles. The van der Waals surface area contributed by atoms with Crippen LogP contribution in [0, 0.1) is 25.2 Å². The van der Waals surface area contributed by atoms with Crippen molar-refractivity contribution in [1.82, 2.24) is 8.97 Å². The van der Waals surface area contributed by atoms with Gasteiger partial charge in [0.05, 0.1) is 34.6 Å². The summed E-state index contributed by atoms with van der Waals surface area (Å²) in [5.74, 6) is -0.439. The first-order valence-corrected chi connectivity index (χ1v) is 11.3. The molecule has 1 atom stereocenters. The monoisotopic (exact) mass is 452 g/mol. The fraction of sp³-hybridized carbons (Fsp3) is 0.259. The van der Waals surface area contributed by atoms with Crippen LogP contribution in [0.2, 0.25) is 0 Å². The minimum atomic E-state index is -0.439. The number of nitrogens with zero attached hydrogens (tertiary/aromatic N) is 4. The van der Waals surface area contributed by atoms with Crippen LogP contribution in [-0.2, 0) is 11.3 Å². The molecule has 1 aliphatic rings. The molecule has 7 heteroatoms. The molecule has 3 aromatic heterocycles. The fourth-order valence-corrected chi connectivity index (χ4v) is 4.50. The van der Waals surface area contributed by atoms with Crippen LogP contribution in [-0.4, -0.2) is 27.6 Å². The number of ether oxygens (including phenoxy) is 1. The van der Waals surface area contributed by atoms with Crippen molar-refractivity contribution in [3.63, 3.8) is 0 Å². The Morgan fingerprint density at radius 2 is 1.97 bits per heavy atom. The first-order chi connectivity index (χ1) is 16.5. The van der Waals surface area contributed by atoms with Crippen LogP contribution >= 0.6 is 0 Å². The summed E-state index contributed by atoms with van der Waals surface area (Å²) in [5, 5.41) is 10.4. The normalized spacial score (nSPS) is 16.3. The van der Waals surface area contributed by atoms with E-state index in [9.17, 15) is 14.9 Å². The first-order valence-electron chi connectivity index (χ1n) is 11.3. The van der Waals surface area contributed by atoms with E-state index in [0.717, 1.165) is 29.5 Å². The van der Waals surface area contributed by atoms with E-state index in [1.54, 1.807) is 28.8 Å². The molecule has 170 valence electrons. The van der Waals surface area contributed by atoms with Crippen molar-refractivity contribution in [2.24, 2.45) is 4.99 Å². The van der Waals surface area contributed by atoms with E-state index in [1.807, 2.05) is 48.7 Å². The number of benzene rings is 1. The fourth-order valence-electron chi connectivity index (χ4n) is 4.50. The first kappa shape index (κ1) is 21.8. The van der Waals surface area contributed by atoms with Crippen molar-refractivity contribution in [3.8, 4) is 6.07 Å². The van der Waals surface area contributed by atoms with Gasteiger partial charge < -0.3 is 9.30 Å². The Balaban J connectivity index is 1.84. The molecule has 34 heavy (non-hydrogen) atoms. The summed E-state index contributed by atoms with van der Waals surface area (Å²) < 4.78 is 9.26. The average molecular weight is 453 g/mol. The summed E-state index contributed by atoms with van der Waals surface area (Å²) in [6, 6.07) is 16.5. The van der Waals surface area contributed by atoms with Crippen molar-refractivity contribution in [2.75, 3.05) is 6.61 Å². The number of amides is 1. The molecule has 0 aliphatic carbocycles. The molecule has 1 fully saturated rings. The Morgan fingerprint density at radius 3 is 2.68 bits per heavy atom. The van der Waals surface area contributed by atoms with Crippen LogP contribution in [0.15, 0.2) is 64.5 Å². The lowest BCUT2D eigenvalue weighted by Gasteiger charge is -2.18. The maximum atomic E-state index is 13.4. The predicted octanol–water partition coefficient (Wildman–Crippen LogP) is 3.66. The summed E-state index contributed by atoms with van der Waals surface area (Å²) in [6.45, 7) is 4.96. The SMILES string of the molecule is Cc1ccc(C(=O)N=c2c(C#N)cc3c(=O)n4cccc(C)c4cc3n2C[C@H]2CCCO2)cc1. The van der Waals surface area contributed by atoms with E-state index in [-0.39, 0.29) is 22.7 Å². The van der Waals surface area contributed by atoms with E-state index >= 15 is 0 Å². The third kappa shape index (κ3) is 3.82. The topological polar surface area (TPSA) is 88.9 Å². The molecule has 0 N–H and O–H groups in total. The summed E-state index contributed by atoms with van der Waals surface area (Å²) >= 11 is 0. The van der Waals surface area contributed by atoms with E-state index in [4.69, 9.17) is 4.74 Å². The predicted molar refractivity (Wildman–Crippen MR) is 129 cm³/mol. The quantitative estimate of drug-likeness (QED) is 0.444. The molecule has 0 radical (unpaired) electrons. The molecule has 0 spiro atoms. The highest BCUT2D eigenvalue weighted by atomic mass is 16.5. The van der Waals surface area contributed by atoms with Crippen molar-refractivity contribution in [3.05, 3.63) is 92.8 Å². The van der Waals surface area contributed by atoms with Crippen molar-refractivity contribution < 1.29 is 9.53 Å². The maximum absolute atomic E-state index is 13.4. The smallest absolute Gasteiger partial charge is 0.278 e. The van der Waals surface area contributed by atoms with Gasteiger partial charge in [-0.2, -0.15) is 10.3 Å². The molecule has 1 aliphatic heterocycles. The largest absolute Gasteiger partial charge is 0.376 e. The molecule has 1 amide bonds. The summed E-state index contributed by atoms with van der Waals surface area (Å²) in [6.07, 6.45) is 3.45. The Morgan fingerprint density at radius 1 is 1.18 bits per heavy atom. The summed E-state index contributed by atoms with van der Waals surface area (Å²) in [7, 11) is 0. The van der Waals surface area contributed by atoms with Crippen molar-refractivity contribution in [2.45, 2.75) is 39.3 Å². The van der Waals surface area contributed by atoms with Gasteiger partial charge in [0.1, 0.15) is 6.07 Å². The standard InChI is InChI=1S/C27H24N4O3/c1-17-7-9-19(10-8-17)26(32)29-25-20(15-28)13-22-24(31(25)16-21-6-4-12-34-21)14-23-18(2)5-3-11-30(23)27(22)33/h3,5,7-11,13-14,21H,4,6,12,16H2,1-2H3/t21-/m1/s1. The molecule has 0 unspecified atom stereocenters. The van der Waals surface area contributed by atoms with Gasteiger partial charge in [-0.25, -0.2) is 0 Å². The summed E-state index contributed by atoms with van der Waals surface area (Å²) in [4.78, 5) is 30.9. The van der Waals surface area contributed by atoms with Gasteiger partial charge in [-0.3, -0.25) is 14.0 Å². The van der Waals surface area contributed by atoms with Crippen LogP contribution in [0.4, 0.5) is 0 Å². The van der Waals surface area contributed by atoms with Crippen molar-refractivity contribution in [1.29, 1.82) is 5.26 Å². The highest BCUT2D eigenvalue weighted by Crippen LogP contribution is 2.20. The minimum absolute atomic E-state index is 0.0825. The number of hydrogen-bond donors (Lipinski definition) is 0. The van der Waals surface area contributed by atoms with E-state index in [1.165, 1.54) is 0 Å². The number of aromatic nitrogens is 2. The highest BCUT2D eigenvalue weighted by molar-refractivity contribution is 5.95. The zero-order valence-corrected chi connectivity index (χ0v) is 19.1. The number of fused-ring (bicyclic) bond motifs is 2. The summed E-state index contributed by atoms with van der Waals surface area (Å²) in [5.41, 5.74) is 4.02. The van der Waals surface area contributed by atoms with Gasteiger partial charge in [0.25, 0.3) is 11.5 Å². The highest BCUT2D eigenvalue weighted by Gasteiger charge is 2.21. The van der Waals surface area contributed by atoms with Gasteiger partial charge in [0.15, 0.2) is 5.49 Å². The van der Waals surface area contributed by atoms with Gasteiger partial charge in [0, 0.05) is 18.4 Å². The van der Waals surface area contributed by atoms with Gasteiger partial charge in [-0.05, 0) is 62.6 Å². The van der Waals surface area contributed by atoms with E-state index in [2.05, 4.69) is 11.1 Å². The number of pyridine rings is 3. The zero-order valence-electron chi connectivity index (χ0n) is 19.1. The number of nitriles is 1. The van der Waals surface area contributed by atoms with Crippen molar-refractivity contribution >= 4 is 22.3 Å². The van der Waals surface area contributed by atoms with Gasteiger partial charge >= 0.3 is 0 Å². The molecule has 1 saturated heterocycles. The molecule has 4 aromatic rings. The number of rotatable bonds is 3. The lowest BCUT2D eigenvalue weighted by molar-refractivity contribution is 0.0953. The molecule has 4 heterocycles. The molecule has 5 rings (SSSR count). The zero-order chi connectivity index (χ0) is 23.8. The lowest BCUT2D eigenvalue weighted by Crippen LogP contribution is -2.32. The Hall–Kier alpha value is -4.02. The van der Waals surface area contributed by atoms with Crippen LogP contribution in [0.1, 0.15) is 39.9 Å². The van der Waals surface area contributed by atoms with Gasteiger partial charge in [-0.1, -0.05) is 23.8 Å². The second-order valence-corrected chi connectivity index (χ2v) is 8.72. The Bertz CT molecular complexity index is 1600. The number of aryl methyl sites for hydroxylation is 2. The number of carbonyl (C=O) groups is 1. The van der Waals surface area contributed by atoms with Crippen LogP contribution in [0.3, 0.4) is 0 Å². The Kier molecular flexibility index (Phi) is 5.60. The average Bonchev–Trinajstić information content (AvgIpc) is 3.35. The third-order valence-electron chi connectivity index (χ3n) is 6.36. The second kappa shape index (κ2) is 8.73. The van der Waals surface area contributed by atoms with Crippen LogP contribution < -0.4 is 11.0 Å². The van der Waals surface area contributed by atoms with Gasteiger partial charge in [0.2, 0.25) is 0 Å². The van der Waals surface area contributed by atoms with E-state index in [0.29, 0.717) is 29.6 Å². The van der Waals surface area contributed by atoms with Gasteiger partial charge in [-0.15, -0.1) is 0 Å². The molecular formula is C27H24N4O3. The Labute approximate surface area is 196 Å². The second-order valence-electron chi connectivity index (χ2n) is 8.72. The third-order valence-corrected chi connectivity index (χ3v) is 6.36. The molecule has 1 aromatic carbocycles. The molecular weight excluding hydrogens is 428 g/mol. The molecule has 7 nitrogen and oxygen atoms in total. The molecule has 0 bridgehead atoms. The minimum Gasteiger partial charge on any atom is -0.376 e. The number of carbonyl (C=O) groups excluding carboxylic acids is 1. The maximum Gasteiger partial charge on any atom is 0.278 e. The van der Waals surface area contributed by atoms with Crippen LogP contribution in [0.5, 0.6) is 0 Å². The lowest BCUT2D eigenvalue weighted by atomic mass is 10.1. The van der Waals surface area contributed by atoms with E-state index < -0.39 is 5.91 Å². The number of hydrogen-bond acceptors (Lipinski definition) is 4.